The van der Waals surface area contributed by atoms with E-state index >= 15 is 0 Å². The lowest BCUT2D eigenvalue weighted by atomic mass is 10.2. The fraction of sp³-hybridized carbons (Fsp3) is 0.0909. The number of nitrogens with one attached hydrogen (secondary N) is 1. The maximum absolute atomic E-state index is 10.4. The highest BCUT2D eigenvalue weighted by atomic mass is 79.9. The van der Waals surface area contributed by atoms with Gasteiger partial charge in [-0.05, 0) is 12.1 Å². The van der Waals surface area contributed by atoms with Gasteiger partial charge in [-0.2, -0.15) is 5.10 Å². The van der Waals surface area contributed by atoms with Crippen LogP contribution in [-0.2, 0) is 11.8 Å². The third-order valence-electron chi connectivity index (χ3n) is 2.23. The van der Waals surface area contributed by atoms with Crippen molar-refractivity contribution in [2.45, 2.75) is 0 Å². The molecule has 0 bridgehead atoms. The number of rotatable bonds is 3. The molecule has 0 saturated carbocycles. The van der Waals surface area contributed by atoms with Crippen molar-refractivity contribution >= 4 is 28.2 Å². The summed E-state index contributed by atoms with van der Waals surface area (Å²) in [6.45, 7) is 0. The molecule has 0 unspecified atom stereocenters. The molecule has 0 spiro atoms. The van der Waals surface area contributed by atoms with Crippen molar-refractivity contribution in [3.63, 3.8) is 0 Å². The topological polar surface area (TPSA) is 46.9 Å². The van der Waals surface area contributed by atoms with E-state index in [1.807, 2.05) is 30.3 Å². The summed E-state index contributed by atoms with van der Waals surface area (Å²) in [6, 6.07) is 9.68. The molecular formula is C11H10BrN3O. The first-order chi connectivity index (χ1) is 7.70. The third-order valence-corrected chi connectivity index (χ3v) is 2.76. The number of halogens is 1. The van der Waals surface area contributed by atoms with Crippen LogP contribution in [0.1, 0.15) is 0 Å². The van der Waals surface area contributed by atoms with Gasteiger partial charge in [-0.25, -0.2) is 0 Å². The van der Waals surface area contributed by atoms with Gasteiger partial charge in [0, 0.05) is 23.2 Å². The second-order valence-electron chi connectivity index (χ2n) is 3.31. The molecule has 1 heterocycles. The number of carbonyl (C=O) groups excluding carboxylic acids is 1. The summed E-state index contributed by atoms with van der Waals surface area (Å²) >= 11 is 3.38. The van der Waals surface area contributed by atoms with E-state index in [0.29, 0.717) is 12.2 Å². The number of carbonyl (C=O) groups is 1. The smallest absolute Gasteiger partial charge is 0.212 e. The molecule has 0 aliphatic heterocycles. The van der Waals surface area contributed by atoms with Gasteiger partial charge in [-0.15, -0.1) is 0 Å². The number of anilines is 1. The van der Waals surface area contributed by atoms with Crippen LogP contribution in [0.2, 0.25) is 0 Å². The molecule has 0 radical (unpaired) electrons. The quantitative estimate of drug-likeness (QED) is 0.878. The monoisotopic (exact) mass is 279 g/mol. The summed E-state index contributed by atoms with van der Waals surface area (Å²) in [5.74, 6) is 0.674. The maximum Gasteiger partial charge on any atom is 0.212 e. The van der Waals surface area contributed by atoms with Gasteiger partial charge >= 0.3 is 0 Å². The fourth-order valence-electron chi connectivity index (χ4n) is 1.42. The molecule has 0 aliphatic carbocycles. The largest absolute Gasteiger partial charge is 0.314 e. The minimum Gasteiger partial charge on any atom is -0.314 e. The zero-order chi connectivity index (χ0) is 11.5. The van der Waals surface area contributed by atoms with Crippen LogP contribution in [0.4, 0.5) is 5.82 Å². The molecule has 1 amide bonds. The molecule has 82 valence electrons. The second-order valence-corrected chi connectivity index (χ2v) is 4.22. The Morgan fingerprint density at radius 3 is 2.69 bits per heavy atom. The SMILES string of the molecule is Cn1nc(-c2ccc(Br)cc2)cc1NC=O. The van der Waals surface area contributed by atoms with Crippen molar-refractivity contribution in [1.82, 2.24) is 9.78 Å². The number of benzene rings is 1. The summed E-state index contributed by atoms with van der Waals surface area (Å²) in [6.07, 6.45) is 0.641. The van der Waals surface area contributed by atoms with E-state index < -0.39 is 0 Å². The average Bonchev–Trinajstić information content (AvgIpc) is 2.62. The van der Waals surface area contributed by atoms with Crippen LogP contribution >= 0.6 is 15.9 Å². The molecule has 0 aliphatic rings. The first kappa shape index (κ1) is 10.9. The molecular weight excluding hydrogens is 270 g/mol. The van der Waals surface area contributed by atoms with Gasteiger partial charge in [0.2, 0.25) is 6.41 Å². The Bertz CT molecular complexity index is 504. The molecule has 16 heavy (non-hydrogen) atoms. The minimum atomic E-state index is 0.641. The second kappa shape index (κ2) is 4.49. The molecule has 5 heteroatoms. The highest BCUT2D eigenvalue weighted by Crippen LogP contribution is 2.22. The highest BCUT2D eigenvalue weighted by Gasteiger charge is 2.06. The highest BCUT2D eigenvalue weighted by molar-refractivity contribution is 9.10. The zero-order valence-electron chi connectivity index (χ0n) is 8.64. The van der Waals surface area contributed by atoms with Gasteiger partial charge < -0.3 is 5.32 Å². The van der Waals surface area contributed by atoms with E-state index in [1.165, 1.54) is 0 Å². The van der Waals surface area contributed by atoms with Crippen LogP contribution in [0.25, 0.3) is 11.3 Å². The van der Waals surface area contributed by atoms with Crippen LogP contribution in [0.5, 0.6) is 0 Å². The minimum absolute atomic E-state index is 0.641. The predicted octanol–water partition coefficient (Wildman–Crippen LogP) is 2.42. The normalized spacial score (nSPS) is 10.1. The Balaban J connectivity index is 2.37. The lowest BCUT2D eigenvalue weighted by Crippen LogP contribution is -2.01. The first-order valence-electron chi connectivity index (χ1n) is 4.71. The Morgan fingerprint density at radius 2 is 2.06 bits per heavy atom. The summed E-state index contributed by atoms with van der Waals surface area (Å²) in [5, 5.41) is 6.90. The van der Waals surface area contributed by atoms with Crippen LogP contribution in [0.3, 0.4) is 0 Å². The van der Waals surface area contributed by atoms with Crippen molar-refractivity contribution in [2.75, 3.05) is 5.32 Å². The van der Waals surface area contributed by atoms with E-state index in [0.717, 1.165) is 15.7 Å². The Hall–Kier alpha value is -1.62. The predicted molar refractivity (Wildman–Crippen MR) is 66.0 cm³/mol. The van der Waals surface area contributed by atoms with Crippen LogP contribution in [-0.4, -0.2) is 16.2 Å². The van der Waals surface area contributed by atoms with Gasteiger partial charge in [0.1, 0.15) is 5.82 Å². The van der Waals surface area contributed by atoms with Gasteiger partial charge in [0.25, 0.3) is 0 Å². The van der Waals surface area contributed by atoms with E-state index in [4.69, 9.17) is 0 Å². The van der Waals surface area contributed by atoms with Crippen LogP contribution in [0.15, 0.2) is 34.8 Å². The fourth-order valence-corrected chi connectivity index (χ4v) is 1.69. The van der Waals surface area contributed by atoms with Crippen molar-refractivity contribution in [3.8, 4) is 11.3 Å². The molecule has 0 fully saturated rings. The summed E-state index contributed by atoms with van der Waals surface area (Å²) < 4.78 is 2.66. The number of aryl methyl sites for hydroxylation is 1. The molecule has 2 rings (SSSR count). The van der Waals surface area contributed by atoms with Gasteiger partial charge in [-0.3, -0.25) is 9.48 Å². The van der Waals surface area contributed by atoms with E-state index in [1.54, 1.807) is 11.7 Å². The lowest BCUT2D eigenvalue weighted by molar-refractivity contribution is -0.105. The van der Waals surface area contributed by atoms with E-state index in [-0.39, 0.29) is 0 Å². The number of aromatic nitrogens is 2. The molecule has 0 atom stereocenters. The number of nitrogens with zero attached hydrogens (tertiary/aromatic N) is 2. The van der Waals surface area contributed by atoms with Gasteiger partial charge in [0.15, 0.2) is 0 Å². The number of amides is 1. The number of hydrogen-bond donors (Lipinski definition) is 1. The van der Waals surface area contributed by atoms with Crippen LogP contribution in [0, 0.1) is 0 Å². The Morgan fingerprint density at radius 1 is 1.38 bits per heavy atom. The van der Waals surface area contributed by atoms with Crippen molar-refractivity contribution in [2.24, 2.45) is 7.05 Å². The van der Waals surface area contributed by atoms with Crippen molar-refractivity contribution < 1.29 is 4.79 Å². The van der Waals surface area contributed by atoms with Crippen LogP contribution < -0.4 is 5.32 Å². The summed E-state index contributed by atoms with van der Waals surface area (Å²) in [4.78, 5) is 10.4. The average molecular weight is 280 g/mol. The van der Waals surface area contributed by atoms with Crippen molar-refractivity contribution in [1.29, 1.82) is 0 Å². The van der Waals surface area contributed by atoms with E-state index in [9.17, 15) is 4.79 Å². The van der Waals surface area contributed by atoms with Gasteiger partial charge in [-0.1, -0.05) is 28.1 Å². The molecule has 2 aromatic rings. The van der Waals surface area contributed by atoms with Crippen molar-refractivity contribution in [3.05, 3.63) is 34.8 Å². The third kappa shape index (κ3) is 2.14. The lowest BCUT2D eigenvalue weighted by Gasteiger charge is -1.95. The van der Waals surface area contributed by atoms with E-state index in [2.05, 4.69) is 26.3 Å². The first-order valence-corrected chi connectivity index (χ1v) is 5.50. The molecule has 0 saturated heterocycles. The summed E-state index contributed by atoms with van der Waals surface area (Å²) in [5.41, 5.74) is 1.84. The number of hydrogen-bond acceptors (Lipinski definition) is 2. The molecule has 1 aromatic carbocycles. The maximum atomic E-state index is 10.4. The standard InChI is InChI=1S/C11H10BrN3O/c1-15-11(13-7-16)6-10(14-15)8-2-4-9(12)5-3-8/h2-7H,1H3,(H,13,16). The van der Waals surface area contributed by atoms with Gasteiger partial charge in [0.05, 0.1) is 5.69 Å². The molecule has 1 aromatic heterocycles. The summed E-state index contributed by atoms with van der Waals surface area (Å²) in [7, 11) is 1.79. The Labute approximate surface area is 101 Å². The Kier molecular flexibility index (Phi) is 3.05. The molecule has 1 N–H and O–H groups in total. The zero-order valence-corrected chi connectivity index (χ0v) is 10.2. The molecule has 4 nitrogen and oxygen atoms in total.